The van der Waals surface area contributed by atoms with Gasteiger partial charge in [-0.1, -0.05) is 0 Å². The van der Waals surface area contributed by atoms with Crippen LogP contribution in [0.15, 0.2) is 18.6 Å². The Balaban J connectivity index is 2.01. The first-order valence-corrected chi connectivity index (χ1v) is 7.68. The average Bonchev–Trinajstić information content (AvgIpc) is 2.38. The Hall–Kier alpha value is -1.50. The standard InChI is InChI=1S/C11H15N3O3S/c1-18(16,17)9-2-6-14(7-3-9)11(15)10-8-12-4-5-13-10/h4-5,8-9H,2-3,6-7H2,1H3. The summed E-state index contributed by atoms with van der Waals surface area (Å²) < 4.78 is 22.8. The third-order valence-electron chi connectivity index (χ3n) is 3.12. The quantitative estimate of drug-likeness (QED) is 0.762. The van der Waals surface area contributed by atoms with Crippen LogP contribution in [0.2, 0.25) is 0 Å². The van der Waals surface area contributed by atoms with Crippen LogP contribution in [0.3, 0.4) is 0 Å². The summed E-state index contributed by atoms with van der Waals surface area (Å²) in [5.74, 6) is -0.185. The molecule has 1 saturated heterocycles. The molecule has 1 aromatic heterocycles. The fourth-order valence-electron chi connectivity index (χ4n) is 2.06. The Bertz CT molecular complexity index is 522. The van der Waals surface area contributed by atoms with Gasteiger partial charge in [-0.15, -0.1) is 0 Å². The topological polar surface area (TPSA) is 80.2 Å². The average molecular weight is 269 g/mol. The van der Waals surface area contributed by atoms with E-state index in [1.165, 1.54) is 24.8 Å². The number of rotatable bonds is 2. The molecule has 1 aromatic rings. The maximum Gasteiger partial charge on any atom is 0.274 e. The Kier molecular flexibility index (Phi) is 3.60. The Morgan fingerprint density at radius 3 is 2.50 bits per heavy atom. The summed E-state index contributed by atoms with van der Waals surface area (Å²) in [5.41, 5.74) is 0.301. The summed E-state index contributed by atoms with van der Waals surface area (Å²) in [6.45, 7) is 0.903. The fourth-order valence-corrected chi connectivity index (χ4v) is 3.13. The Labute approximate surface area is 106 Å². The molecular formula is C11H15N3O3S. The SMILES string of the molecule is CS(=O)(=O)C1CCN(C(=O)c2cnccn2)CC1. The maximum atomic E-state index is 12.0. The minimum atomic E-state index is -3.01. The number of sulfone groups is 1. The summed E-state index contributed by atoms with van der Waals surface area (Å²) in [5, 5.41) is -0.330. The van der Waals surface area contributed by atoms with Crippen molar-refractivity contribution in [2.24, 2.45) is 0 Å². The molecular weight excluding hydrogens is 254 g/mol. The normalized spacial score (nSPS) is 17.7. The molecule has 1 fully saturated rings. The molecule has 98 valence electrons. The summed E-state index contributed by atoms with van der Waals surface area (Å²) in [6, 6.07) is 0. The lowest BCUT2D eigenvalue weighted by Crippen LogP contribution is -2.42. The van der Waals surface area contributed by atoms with E-state index in [0.29, 0.717) is 31.6 Å². The van der Waals surface area contributed by atoms with Crippen molar-refractivity contribution in [2.75, 3.05) is 19.3 Å². The van der Waals surface area contributed by atoms with Crippen molar-refractivity contribution in [1.29, 1.82) is 0 Å². The van der Waals surface area contributed by atoms with Crippen molar-refractivity contribution in [1.82, 2.24) is 14.9 Å². The molecule has 0 saturated carbocycles. The highest BCUT2D eigenvalue weighted by molar-refractivity contribution is 7.91. The number of aromatic nitrogens is 2. The summed E-state index contributed by atoms with van der Waals surface area (Å²) >= 11 is 0. The molecule has 18 heavy (non-hydrogen) atoms. The molecule has 2 rings (SSSR count). The molecule has 1 aliphatic rings. The molecule has 0 aromatic carbocycles. The molecule has 2 heterocycles. The lowest BCUT2D eigenvalue weighted by Gasteiger charge is -2.30. The zero-order chi connectivity index (χ0) is 13.2. The van der Waals surface area contributed by atoms with Gasteiger partial charge in [0, 0.05) is 31.7 Å². The fraction of sp³-hybridized carbons (Fsp3) is 0.545. The Morgan fingerprint density at radius 2 is 2.00 bits per heavy atom. The Morgan fingerprint density at radius 1 is 1.33 bits per heavy atom. The summed E-state index contributed by atoms with van der Waals surface area (Å²) in [4.78, 5) is 21.5. The van der Waals surface area contributed by atoms with Crippen LogP contribution in [0.4, 0.5) is 0 Å². The molecule has 6 nitrogen and oxygen atoms in total. The zero-order valence-electron chi connectivity index (χ0n) is 10.1. The first-order valence-electron chi connectivity index (χ1n) is 5.72. The highest BCUT2D eigenvalue weighted by Gasteiger charge is 2.29. The summed E-state index contributed by atoms with van der Waals surface area (Å²) in [6.07, 6.45) is 6.63. The van der Waals surface area contributed by atoms with Gasteiger partial charge in [-0.3, -0.25) is 9.78 Å². The third kappa shape index (κ3) is 2.84. The van der Waals surface area contributed by atoms with Crippen LogP contribution in [-0.2, 0) is 9.84 Å². The number of hydrogen-bond acceptors (Lipinski definition) is 5. The first-order chi connectivity index (χ1) is 8.48. The van der Waals surface area contributed by atoms with Crippen molar-refractivity contribution in [3.8, 4) is 0 Å². The molecule has 0 radical (unpaired) electrons. The number of carbonyl (C=O) groups is 1. The van der Waals surface area contributed by atoms with Crippen LogP contribution in [0.5, 0.6) is 0 Å². The van der Waals surface area contributed by atoms with Gasteiger partial charge >= 0.3 is 0 Å². The van der Waals surface area contributed by atoms with Gasteiger partial charge in [0.05, 0.1) is 11.4 Å². The van der Waals surface area contributed by atoms with Crippen LogP contribution in [0, 0.1) is 0 Å². The largest absolute Gasteiger partial charge is 0.337 e. The number of likely N-dealkylation sites (tertiary alicyclic amines) is 1. The van der Waals surface area contributed by atoms with E-state index in [9.17, 15) is 13.2 Å². The van der Waals surface area contributed by atoms with E-state index in [1.54, 1.807) is 4.90 Å². The second-order valence-corrected chi connectivity index (χ2v) is 6.74. The maximum absolute atomic E-state index is 12.0. The lowest BCUT2D eigenvalue weighted by atomic mass is 10.1. The molecule has 0 N–H and O–H groups in total. The van der Waals surface area contributed by atoms with Gasteiger partial charge in [0.2, 0.25) is 0 Å². The minimum absolute atomic E-state index is 0.185. The molecule has 1 aliphatic heterocycles. The molecule has 0 aliphatic carbocycles. The van der Waals surface area contributed by atoms with Crippen molar-refractivity contribution in [3.05, 3.63) is 24.3 Å². The van der Waals surface area contributed by atoms with Crippen molar-refractivity contribution in [2.45, 2.75) is 18.1 Å². The van der Waals surface area contributed by atoms with Crippen molar-refractivity contribution < 1.29 is 13.2 Å². The van der Waals surface area contributed by atoms with E-state index >= 15 is 0 Å². The molecule has 7 heteroatoms. The van der Waals surface area contributed by atoms with E-state index in [2.05, 4.69) is 9.97 Å². The molecule has 0 spiro atoms. The van der Waals surface area contributed by atoms with Crippen LogP contribution < -0.4 is 0 Å². The van der Waals surface area contributed by atoms with Crippen molar-refractivity contribution in [3.63, 3.8) is 0 Å². The number of amides is 1. The van der Waals surface area contributed by atoms with Crippen LogP contribution in [0.1, 0.15) is 23.3 Å². The summed E-state index contributed by atoms with van der Waals surface area (Å²) in [7, 11) is -3.01. The number of piperidine rings is 1. The molecule has 0 unspecified atom stereocenters. The van der Waals surface area contributed by atoms with Gasteiger partial charge < -0.3 is 4.90 Å². The van der Waals surface area contributed by atoms with Crippen molar-refractivity contribution >= 4 is 15.7 Å². The highest BCUT2D eigenvalue weighted by Crippen LogP contribution is 2.18. The van der Waals surface area contributed by atoms with Crippen LogP contribution in [0.25, 0.3) is 0 Å². The number of hydrogen-bond donors (Lipinski definition) is 0. The zero-order valence-corrected chi connectivity index (χ0v) is 10.9. The predicted octanol–water partition coefficient (Wildman–Crippen LogP) is 0.126. The molecule has 0 atom stereocenters. The van der Waals surface area contributed by atoms with Gasteiger partial charge in [-0.05, 0) is 12.8 Å². The third-order valence-corrected chi connectivity index (χ3v) is 4.80. The van der Waals surface area contributed by atoms with E-state index in [0.717, 1.165) is 0 Å². The second-order valence-electron chi connectivity index (χ2n) is 4.41. The number of nitrogens with zero attached hydrogens (tertiary/aromatic N) is 3. The van der Waals surface area contributed by atoms with Gasteiger partial charge in [0.15, 0.2) is 0 Å². The van der Waals surface area contributed by atoms with E-state index in [1.807, 2.05) is 0 Å². The van der Waals surface area contributed by atoms with E-state index in [-0.39, 0.29) is 11.2 Å². The second kappa shape index (κ2) is 5.01. The molecule has 1 amide bonds. The highest BCUT2D eigenvalue weighted by atomic mass is 32.2. The predicted molar refractivity (Wildman–Crippen MR) is 65.8 cm³/mol. The molecule has 0 bridgehead atoms. The number of carbonyl (C=O) groups excluding carboxylic acids is 1. The first kappa shape index (κ1) is 12.9. The minimum Gasteiger partial charge on any atom is -0.337 e. The van der Waals surface area contributed by atoms with Gasteiger partial charge in [0.25, 0.3) is 5.91 Å². The monoisotopic (exact) mass is 269 g/mol. The van der Waals surface area contributed by atoms with E-state index in [4.69, 9.17) is 0 Å². The smallest absolute Gasteiger partial charge is 0.274 e. The van der Waals surface area contributed by atoms with Gasteiger partial charge in [0.1, 0.15) is 15.5 Å². The lowest BCUT2D eigenvalue weighted by molar-refractivity contribution is 0.0719. The van der Waals surface area contributed by atoms with Gasteiger partial charge in [-0.2, -0.15) is 0 Å². The van der Waals surface area contributed by atoms with E-state index < -0.39 is 9.84 Å². The van der Waals surface area contributed by atoms with Gasteiger partial charge in [-0.25, -0.2) is 13.4 Å². The van der Waals surface area contributed by atoms with Crippen LogP contribution in [-0.4, -0.2) is 53.8 Å². The van der Waals surface area contributed by atoms with Crippen LogP contribution >= 0.6 is 0 Å².